The van der Waals surface area contributed by atoms with Gasteiger partial charge in [-0.3, -0.25) is 4.79 Å². The molecule has 0 bridgehead atoms. The zero-order valence-corrected chi connectivity index (χ0v) is 17.6. The van der Waals surface area contributed by atoms with E-state index in [1.165, 1.54) is 10.4 Å². The minimum atomic E-state index is -0.0854. The van der Waals surface area contributed by atoms with Crippen molar-refractivity contribution in [3.63, 3.8) is 0 Å². The molecule has 0 fully saturated rings. The molecule has 0 radical (unpaired) electrons. The molecule has 6 heteroatoms. The second-order valence-corrected chi connectivity index (χ2v) is 9.60. The van der Waals surface area contributed by atoms with Crippen LogP contribution in [-0.2, 0) is 12.8 Å². The van der Waals surface area contributed by atoms with E-state index in [2.05, 4.69) is 25.8 Å². The van der Waals surface area contributed by atoms with Crippen molar-refractivity contribution < 1.29 is 9.84 Å². The fourth-order valence-corrected chi connectivity index (χ4v) is 5.29. The molecule has 0 spiro atoms. The topological polar surface area (TPSA) is 75.2 Å². The Balaban J connectivity index is 1.78. The summed E-state index contributed by atoms with van der Waals surface area (Å²) >= 11 is 1.65. The highest BCUT2D eigenvalue weighted by molar-refractivity contribution is 7.18. The fraction of sp³-hybridized carbons (Fsp3) is 0.455. The van der Waals surface area contributed by atoms with Crippen molar-refractivity contribution in [2.45, 2.75) is 47.0 Å². The molecule has 3 aromatic rings. The fourth-order valence-electron chi connectivity index (χ4n) is 3.99. The van der Waals surface area contributed by atoms with Crippen molar-refractivity contribution in [2.75, 3.05) is 6.61 Å². The van der Waals surface area contributed by atoms with Crippen LogP contribution in [0, 0.1) is 11.3 Å². The van der Waals surface area contributed by atoms with Gasteiger partial charge in [-0.2, -0.15) is 0 Å². The summed E-state index contributed by atoms with van der Waals surface area (Å²) in [5, 5.41) is 10.7. The Morgan fingerprint density at radius 2 is 2.14 bits per heavy atom. The average Bonchev–Trinajstić information content (AvgIpc) is 3.01. The first kappa shape index (κ1) is 19.0. The molecule has 28 heavy (non-hydrogen) atoms. The van der Waals surface area contributed by atoms with Crippen LogP contribution in [0.15, 0.2) is 23.0 Å². The quantitative estimate of drug-likeness (QED) is 0.657. The number of phenolic OH excluding ortho intramolecular Hbond substituents is 1. The molecule has 5 nitrogen and oxygen atoms in total. The summed E-state index contributed by atoms with van der Waals surface area (Å²) in [7, 11) is 0. The van der Waals surface area contributed by atoms with Gasteiger partial charge in [0.1, 0.15) is 10.7 Å². The van der Waals surface area contributed by atoms with Gasteiger partial charge >= 0.3 is 0 Å². The number of benzene rings is 1. The Bertz CT molecular complexity index is 1090. The van der Waals surface area contributed by atoms with Gasteiger partial charge in [0, 0.05) is 10.4 Å². The zero-order chi connectivity index (χ0) is 20.1. The summed E-state index contributed by atoms with van der Waals surface area (Å²) in [4.78, 5) is 22.7. The van der Waals surface area contributed by atoms with Crippen molar-refractivity contribution in [3.8, 4) is 22.9 Å². The number of phenols is 1. The van der Waals surface area contributed by atoms with E-state index in [4.69, 9.17) is 9.72 Å². The van der Waals surface area contributed by atoms with E-state index in [-0.39, 0.29) is 16.7 Å². The van der Waals surface area contributed by atoms with Gasteiger partial charge in [0.05, 0.1) is 12.0 Å². The lowest BCUT2D eigenvalue weighted by Crippen LogP contribution is -2.26. The molecular weight excluding hydrogens is 372 g/mol. The molecule has 0 aliphatic heterocycles. The van der Waals surface area contributed by atoms with Gasteiger partial charge in [-0.05, 0) is 61.3 Å². The van der Waals surface area contributed by atoms with Crippen molar-refractivity contribution in [1.29, 1.82) is 0 Å². The number of ether oxygens (including phenoxy) is 1. The highest BCUT2D eigenvalue weighted by atomic mass is 32.1. The first-order valence-corrected chi connectivity index (χ1v) is 10.6. The number of aryl methyl sites for hydroxylation is 1. The number of thiophene rings is 1. The molecular formula is C22H26N2O3S. The van der Waals surface area contributed by atoms with E-state index in [9.17, 15) is 9.90 Å². The smallest absolute Gasteiger partial charge is 0.260 e. The van der Waals surface area contributed by atoms with Crippen molar-refractivity contribution in [2.24, 2.45) is 11.3 Å². The predicted molar refractivity (Wildman–Crippen MR) is 113 cm³/mol. The van der Waals surface area contributed by atoms with E-state index >= 15 is 0 Å². The number of aromatic nitrogens is 2. The Morgan fingerprint density at radius 3 is 2.86 bits per heavy atom. The Kier molecular flexibility index (Phi) is 4.70. The minimum Gasteiger partial charge on any atom is -0.504 e. The second kappa shape index (κ2) is 6.92. The minimum absolute atomic E-state index is 0.0776. The number of hydrogen-bond acceptors (Lipinski definition) is 5. The number of hydrogen-bond donors (Lipinski definition) is 2. The van der Waals surface area contributed by atoms with Crippen LogP contribution in [0.25, 0.3) is 21.6 Å². The highest BCUT2D eigenvalue weighted by Gasteiger charge is 2.31. The molecule has 4 rings (SSSR count). The van der Waals surface area contributed by atoms with Crippen molar-refractivity contribution in [3.05, 3.63) is 39.0 Å². The largest absolute Gasteiger partial charge is 0.504 e. The lowest BCUT2D eigenvalue weighted by molar-refractivity contribution is 0.218. The number of fused-ring (bicyclic) bond motifs is 3. The molecule has 0 amide bonds. The first-order chi connectivity index (χ1) is 13.3. The summed E-state index contributed by atoms with van der Waals surface area (Å²) in [6.07, 6.45) is 3.07. The van der Waals surface area contributed by atoms with Crippen LogP contribution in [0.2, 0.25) is 0 Å². The molecule has 1 aliphatic rings. The monoisotopic (exact) mass is 398 g/mol. The molecule has 1 aliphatic carbocycles. The van der Waals surface area contributed by atoms with E-state index in [0.717, 1.165) is 35.0 Å². The van der Waals surface area contributed by atoms with E-state index in [1.54, 1.807) is 29.5 Å². The number of aromatic amines is 1. The van der Waals surface area contributed by atoms with Gasteiger partial charge in [-0.1, -0.05) is 20.8 Å². The van der Waals surface area contributed by atoms with E-state index < -0.39 is 0 Å². The summed E-state index contributed by atoms with van der Waals surface area (Å²) in [6, 6.07) is 5.02. The summed E-state index contributed by atoms with van der Waals surface area (Å²) < 4.78 is 5.46. The third-order valence-electron chi connectivity index (χ3n) is 5.68. The highest BCUT2D eigenvalue weighted by Crippen LogP contribution is 2.42. The first-order valence-electron chi connectivity index (χ1n) is 9.78. The number of rotatable bonds is 3. The molecule has 148 valence electrons. The maximum absolute atomic E-state index is 12.9. The van der Waals surface area contributed by atoms with Gasteiger partial charge in [0.25, 0.3) is 5.56 Å². The third-order valence-corrected chi connectivity index (χ3v) is 6.83. The van der Waals surface area contributed by atoms with Crippen LogP contribution in [0.1, 0.15) is 44.6 Å². The van der Waals surface area contributed by atoms with Gasteiger partial charge in [-0.15, -0.1) is 11.3 Å². The second-order valence-electron chi connectivity index (χ2n) is 8.52. The maximum Gasteiger partial charge on any atom is 0.260 e. The summed E-state index contributed by atoms with van der Waals surface area (Å²) in [6.45, 7) is 9.19. The maximum atomic E-state index is 12.9. The normalized spacial score (nSPS) is 16.9. The molecule has 1 atom stereocenters. The lowest BCUT2D eigenvalue weighted by Gasteiger charge is -2.33. The van der Waals surface area contributed by atoms with Gasteiger partial charge in [0.2, 0.25) is 0 Å². The summed E-state index contributed by atoms with van der Waals surface area (Å²) in [5.74, 6) is 1.59. The van der Waals surface area contributed by atoms with Gasteiger partial charge < -0.3 is 14.8 Å². The number of H-pyrrole nitrogens is 1. The molecule has 2 N–H and O–H groups in total. The Morgan fingerprint density at radius 1 is 1.36 bits per heavy atom. The van der Waals surface area contributed by atoms with Crippen LogP contribution in [0.3, 0.4) is 0 Å². The zero-order valence-electron chi connectivity index (χ0n) is 16.8. The average molecular weight is 399 g/mol. The SMILES string of the molecule is CCOc1cc(-c2nc3sc4c(c3c(=O)[nH]2)CC[C@@H](C(C)(C)C)C4)ccc1O. The molecule has 0 saturated heterocycles. The molecule has 0 unspecified atom stereocenters. The van der Waals surface area contributed by atoms with Crippen LogP contribution >= 0.6 is 11.3 Å². The summed E-state index contributed by atoms with van der Waals surface area (Å²) in [5.41, 5.74) is 2.08. The lowest BCUT2D eigenvalue weighted by atomic mass is 9.72. The number of aromatic hydroxyl groups is 1. The molecule has 2 aromatic heterocycles. The van der Waals surface area contributed by atoms with Gasteiger partial charge in [0.15, 0.2) is 11.5 Å². The van der Waals surface area contributed by atoms with Crippen molar-refractivity contribution >= 4 is 21.6 Å². The number of nitrogens with one attached hydrogen (secondary N) is 1. The van der Waals surface area contributed by atoms with Crippen LogP contribution in [0.5, 0.6) is 11.5 Å². The molecule has 2 heterocycles. The van der Waals surface area contributed by atoms with Crippen LogP contribution in [0.4, 0.5) is 0 Å². The third kappa shape index (κ3) is 3.30. The van der Waals surface area contributed by atoms with Crippen molar-refractivity contribution in [1.82, 2.24) is 9.97 Å². The molecule has 0 saturated carbocycles. The molecule has 1 aromatic carbocycles. The van der Waals surface area contributed by atoms with Crippen LogP contribution < -0.4 is 10.3 Å². The number of nitrogens with zero attached hydrogens (tertiary/aromatic N) is 1. The van der Waals surface area contributed by atoms with E-state index in [1.807, 2.05) is 6.92 Å². The Hall–Kier alpha value is -2.34. The van der Waals surface area contributed by atoms with Crippen LogP contribution in [-0.4, -0.2) is 21.7 Å². The van der Waals surface area contributed by atoms with E-state index in [0.29, 0.717) is 24.1 Å². The standard InChI is InChI=1S/C22H26N2O3S/c1-5-27-16-10-12(6-9-15(16)25)19-23-20(26)18-14-8-7-13(22(2,3)4)11-17(14)28-21(18)24-19/h6,9-10,13,25H,5,7-8,11H2,1-4H3,(H,23,24,26)/t13-/m1/s1. The predicted octanol–water partition coefficient (Wildman–Crippen LogP) is 4.91. The Labute approximate surface area is 168 Å². The van der Waals surface area contributed by atoms with Gasteiger partial charge in [-0.25, -0.2) is 4.98 Å².